The molecule has 0 aromatic heterocycles. The number of hydrogen-bond acceptors (Lipinski definition) is 1. The SMILES string of the molecule is C=C([CH-]C)N=C/C=C/C. The third-order valence-electron chi connectivity index (χ3n) is 0.852. The molecule has 50 valence electrons. The van der Waals surface area contributed by atoms with E-state index in [9.17, 15) is 0 Å². The van der Waals surface area contributed by atoms with E-state index in [1.807, 2.05) is 32.4 Å². The molecular formula is C8H12N-. The molecular weight excluding hydrogens is 110 g/mol. The number of allylic oxidation sites excluding steroid dienone is 3. The van der Waals surface area contributed by atoms with Crippen LogP contribution in [-0.2, 0) is 0 Å². The van der Waals surface area contributed by atoms with Gasteiger partial charge >= 0.3 is 0 Å². The molecule has 0 aliphatic heterocycles. The second-order valence-corrected chi connectivity index (χ2v) is 1.58. The summed E-state index contributed by atoms with van der Waals surface area (Å²) in [7, 11) is 0. The van der Waals surface area contributed by atoms with Crippen LogP contribution in [0.4, 0.5) is 0 Å². The number of aliphatic imine (C=N–C) groups is 1. The average Bonchev–Trinajstić information content (AvgIpc) is 1.89. The van der Waals surface area contributed by atoms with Crippen molar-refractivity contribution >= 4 is 6.21 Å². The van der Waals surface area contributed by atoms with Gasteiger partial charge in [-0.05, 0) is 13.0 Å². The maximum absolute atomic E-state index is 3.97. The first-order chi connectivity index (χ1) is 4.31. The summed E-state index contributed by atoms with van der Waals surface area (Å²) in [6.07, 6.45) is 7.38. The first kappa shape index (κ1) is 8.02. The molecule has 0 saturated heterocycles. The summed E-state index contributed by atoms with van der Waals surface area (Å²) in [6.45, 7) is 7.52. The van der Waals surface area contributed by atoms with Gasteiger partial charge in [-0.15, -0.1) is 12.6 Å². The highest BCUT2D eigenvalue weighted by Gasteiger charge is 1.66. The van der Waals surface area contributed by atoms with Crippen LogP contribution in [0.25, 0.3) is 0 Å². The fraction of sp³-hybridized carbons (Fsp3) is 0.250. The van der Waals surface area contributed by atoms with Gasteiger partial charge in [0.05, 0.1) is 0 Å². The normalized spacial score (nSPS) is 10.9. The third kappa shape index (κ3) is 4.88. The lowest BCUT2D eigenvalue weighted by atomic mass is 10.4. The summed E-state index contributed by atoms with van der Waals surface area (Å²) in [5, 5.41) is 0. The van der Waals surface area contributed by atoms with E-state index < -0.39 is 0 Å². The summed E-state index contributed by atoms with van der Waals surface area (Å²) in [5.74, 6) is 0. The zero-order valence-corrected chi connectivity index (χ0v) is 5.96. The summed E-state index contributed by atoms with van der Waals surface area (Å²) in [5.41, 5.74) is 0.799. The molecule has 0 aliphatic carbocycles. The van der Waals surface area contributed by atoms with E-state index in [-0.39, 0.29) is 0 Å². The highest BCUT2D eigenvalue weighted by molar-refractivity contribution is 5.72. The lowest BCUT2D eigenvalue weighted by Gasteiger charge is -1.97. The van der Waals surface area contributed by atoms with Crippen LogP contribution in [0.15, 0.2) is 29.4 Å². The van der Waals surface area contributed by atoms with E-state index in [2.05, 4.69) is 11.6 Å². The summed E-state index contributed by atoms with van der Waals surface area (Å²) in [6, 6.07) is 0. The van der Waals surface area contributed by atoms with Gasteiger partial charge in [0.2, 0.25) is 0 Å². The highest BCUT2D eigenvalue weighted by Crippen LogP contribution is 1.93. The molecule has 1 heteroatoms. The van der Waals surface area contributed by atoms with Gasteiger partial charge < -0.3 is 0 Å². The Balaban J connectivity index is 3.57. The fourth-order valence-electron chi connectivity index (χ4n) is 0.299. The van der Waals surface area contributed by atoms with Crippen molar-refractivity contribution in [1.29, 1.82) is 0 Å². The van der Waals surface area contributed by atoms with Crippen molar-refractivity contribution in [3.05, 3.63) is 30.8 Å². The first-order valence-electron chi connectivity index (χ1n) is 2.95. The zero-order valence-electron chi connectivity index (χ0n) is 5.96. The van der Waals surface area contributed by atoms with Crippen molar-refractivity contribution in [2.45, 2.75) is 13.8 Å². The molecule has 0 aromatic carbocycles. The Bertz CT molecular complexity index is 132. The van der Waals surface area contributed by atoms with Gasteiger partial charge in [0.25, 0.3) is 0 Å². The lowest BCUT2D eigenvalue weighted by molar-refractivity contribution is 1.32. The Morgan fingerprint density at radius 1 is 1.67 bits per heavy atom. The zero-order chi connectivity index (χ0) is 7.11. The minimum Gasteiger partial charge on any atom is -0.296 e. The molecule has 0 spiro atoms. The van der Waals surface area contributed by atoms with Gasteiger partial charge in [-0.2, -0.15) is 0 Å². The third-order valence-corrected chi connectivity index (χ3v) is 0.852. The predicted octanol–water partition coefficient (Wildman–Crippen LogP) is 2.37. The average molecular weight is 122 g/mol. The smallest absolute Gasteiger partial charge is 0.0234 e. The molecule has 0 saturated carbocycles. The van der Waals surface area contributed by atoms with Crippen LogP contribution < -0.4 is 0 Å². The maximum atomic E-state index is 3.97. The Labute approximate surface area is 56.8 Å². The molecule has 0 amide bonds. The van der Waals surface area contributed by atoms with E-state index >= 15 is 0 Å². The van der Waals surface area contributed by atoms with Crippen LogP contribution >= 0.6 is 0 Å². The van der Waals surface area contributed by atoms with Gasteiger partial charge in [0, 0.05) is 6.21 Å². The minimum atomic E-state index is 0.799. The Kier molecular flexibility index (Phi) is 4.60. The number of rotatable bonds is 3. The molecule has 1 nitrogen and oxygen atoms in total. The molecule has 0 fully saturated rings. The number of nitrogens with zero attached hydrogens (tertiary/aromatic N) is 1. The van der Waals surface area contributed by atoms with Gasteiger partial charge in [-0.1, -0.05) is 6.08 Å². The summed E-state index contributed by atoms with van der Waals surface area (Å²) < 4.78 is 0. The van der Waals surface area contributed by atoms with Crippen LogP contribution in [0.3, 0.4) is 0 Å². The summed E-state index contributed by atoms with van der Waals surface area (Å²) in [4.78, 5) is 3.97. The molecule has 0 N–H and O–H groups in total. The van der Waals surface area contributed by atoms with Crippen LogP contribution in [0.5, 0.6) is 0 Å². The van der Waals surface area contributed by atoms with Gasteiger partial charge in [-0.3, -0.25) is 4.99 Å². The monoisotopic (exact) mass is 122 g/mol. The predicted molar refractivity (Wildman–Crippen MR) is 42.4 cm³/mol. The summed E-state index contributed by atoms with van der Waals surface area (Å²) >= 11 is 0. The van der Waals surface area contributed by atoms with Crippen molar-refractivity contribution in [3.63, 3.8) is 0 Å². The second-order valence-electron chi connectivity index (χ2n) is 1.58. The lowest BCUT2D eigenvalue weighted by Crippen LogP contribution is -1.71. The van der Waals surface area contributed by atoms with Crippen molar-refractivity contribution in [3.8, 4) is 0 Å². The molecule has 0 rings (SSSR count). The van der Waals surface area contributed by atoms with Crippen molar-refractivity contribution in [1.82, 2.24) is 0 Å². The van der Waals surface area contributed by atoms with E-state index in [4.69, 9.17) is 0 Å². The molecule has 0 aromatic rings. The van der Waals surface area contributed by atoms with Gasteiger partial charge in [0.15, 0.2) is 0 Å². The largest absolute Gasteiger partial charge is 0.296 e. The Hall–Kier alpha value is -0.980. The quantitative estimate of drug-likeness (QED) is 0.402. The Morgan fingerprint density at radius 3 is 2.78 bits per heavy atom. The Morgan fingerprint density at radius 2 is 2.33 bits per heavy atom. The molecule has 9 heavy (non-hydrogen) atoms. The molecule has 0 aliphatic rings. The number of hydrogen-bond donors (Lipinski definition) is 0. The molecule has 0 radical (unpaired) electrons. The molecule has 0 unspecified atom stereocenters. The standard InChI is InChI=1S/C8H12N/c1-4-6-7-9-8(3)5-2/h4-7H,3H2,1-2H3/q-1/b6-4+,9-7?. The second kappa shape index (κ2) is 5.16. The van der Waals surface area contributed by atoms with Crippen LogP contribution in [0.2, 0.25) is 0 Å². The van der Waals surface area contributed by atoms with Crippen molar-refractivity contribution in [2.75, 3.05) is 0 Å². The highest BCUT2D eigenvalue weighted by atomic mass is 14.7. The van der Waals surface area contributed by atoms with E-state index in [0.717, 1.165) is 5.70 Å². The van der Waals surface area contributed by atoms with Crippen LogP contribution in [0.1, 0.15) is 13.8 Å². The van der Waals surface area contributed by atoms with Crippen molar-refractivity contribution in [2.24, 2.45) is 4.99 Å². The van der Waals surface area contributed by atoms with Gasteiger partial charge in [-0.25, -0.2) is 13.0 Å². The minimum absolute atomic E-state index is 0.799. The molecule has 0 atom stereocenters. The van der Waals surface area contributed by atoms with Crippen LogP contribution in [0, 0.1) is 6.42 Å². The molecule has 0 heterocycles. The van der Waals surface area contributed by atoms with Gasteiger partial charge in [0.1, 0.15) is 0 Å². The van der Waals surface area contributed by atoms with E-state index in [1.54, 1.807) is 6.21 Å². The van der Waals surface area contributed by atoms with E-state index in [1.165, 1.54) is 0 Å². The first-order valence-corrected chi connectivity index (χ1v) is 2.95. The fourth-order valence-corrected chi connectivity index (χ4v) is 0.299. The molecule has 0 bridgehead atoms. The maximum Gasteiger partial charge on any atom is 0.0234 e. The van der Waals surface area contributed by atoms with E-state index in [0.29, 0.717) is 0 Å². The van der Waals surface area contributed by atoms with Crippen LogP contribution in [-0.4, -0.2) is 6.21 Å². The van der Waals surface area contributed by atoms with Crippen molar-refractivity contribution < 1.29 is 0 Å². The topological polar surface area (TPSA) is 12.4 Å².